The Hall–Kier alpha value is -2.76. The van der Waals surface area contributed by atoms with Crippen LogP contribution in [0.4, 0.5) is 5.69 Å². The fraction of sp³-hybridized carbons (Fsp3) is 0.400. The molecule has 1 aromatic carbocycles. The molecule has 138 valence electrons. The van der Waals surface area contributed by atoms with Crippen LogP contribution in [0, 0.1) is 0 Å². The van der Waals surface area contributed by atoms with Crippen molar-refractivity contribution in [1.29, 1.82) is 0 Å². The highest BCUT2D eigenvalue weighted by Crippen LogP contribution is 2.40. The van der Waals surface area contributed by atoms with Gasteiger partial charge in [0.1, 0.15) is 12.4 Å². The Morgan fingerprint density at radius 3 is 2.96 bits per heavy atom. The molecule has 2 aromatic rings. The van der Waals surface area contributed by atoms with E-state index in [1.807, 2.05) is 18.2 Å². The van der Waals surface area contributed by atoms with Crippen molar-refractivity contribution in [2.75, 3.05) is 38.3 Å². The molecule has 1 aliphatic rings. The molecule has 1 aliphatic heterocycles. The molecule has 0 aliphatic carbocycles. The number of rotatable bonds is 6. The number of pyridine rings is 1. The normalized spacial score (nSPS) is 13.6. The predicted octanol–water partition coefficient (Wildman–Crippen LogP) is 3.43. The maximum Gasteiger partial charge on any atom is 0.309 e. The zero-order valence-electron chi connectivity index (χ0n) is 15.4. The number of esters is 1. The van der Waals surface area contributed by atoms with Gasteiger partial charge in [0.05, 0.1) is 44.1 Å². The number of fused-ring (bicyclic) bond motifs is 3. The van der Waals surface area contributed by atoms with Crippen molar-refractivity contribution < 1.29 is 19.0 Å². The molecule has 0 fully saturated rings. The van der Waals surface area contributed by atoms with Crippen molar-refractivity contribution in [3.8, 4) is 11.5 Å². The maximum atomic E-state index is 11.6. The summed E-state index contributed by atoms with van der Waals surface area (Å²) >= 11 is 0. The Morgan fingerprint density at radius 2 is 2.23 bits per heavy atom. The van der Waals surface area contributed by atoms with E-state index < -0.39 is 0 Å². The predicted molar refractivity (Wildman–Crippen MR) is 102 cm³/mol. The van der Waals surface area contributed by atoms with E-state index in [1.165, 1.54) is 0 Å². The van der Waals surface area contributed by atoms with Crippen molar-refractivity contribution in [1.82, 2.24) is 4.98 Å². The molecule has 26 heavy (non-hydrogen) atoms. The summed E-state index contributed by atoms with van der Waals surface area (Å²) in [6.45, 7) is 6.70. The van der Waals surface area contributed by atoms with Crippen LogP contribution in [0.3, 0.4) is 0 Å². The van der Waals surface area contributed by atoms with Crippen molar-refractivity contribution in [2.24, 2.45) is 0 Å². The summed E-state index contributed by atoms with van der Waals surface area (Å²) in [4.78, 5) is 18.4. The largest absolute Gasteiger partial charge is 0.497 e. The first-order valence-electron chi connectivity index (χ1n) is 8.88. The smallest absolute Gasteiger partial charge is 0.309 e. The number of aromatic nitrogens is 1. The van der Waals surface area contributed by atoms with Gasteiger partial charge in [-0.2, -0.15) is 0 Å². The number of carbonyl (C=O) groups is 1. The number of hydrogen-bond acceptors (Lipinski definition) is 6. The molecule has 0 radical (unpaired) electrons. The number of methoxy groups -OCH3 is 1. The second kappa shape index (κ2) is 8.08. The Morgan fingerprint density at radius 1 is 1.38 bits per heavy atom. The van der Waals surface area contributed by atoms with Crippen molar-refractivity contribution in [2.45, 2.75) is 20.3 Å². The van der Waals surface area contributed by atoms with Crippen molar-refractivity contribution in [3.63, 3.8) is 0 Å². The van der Waals surface area contributed by atoms with Crippen LogP contribution < -0.4 is 14.4 Å². The maximum absolute atomic E-state index is 11.6. The number of nitrogens with zero attached hydrogens (tertiary/aromatic N) is 2. The summed E-state index contributed by atoms with van der Waals surface area (Å²) in [6.07, 6.45) is 5.68. The first-order chi connectivity index (χ1) is 12.7. The minimum Gasteiger partial charge on any atom is -0.497 e. The van der Waals surface area contributed by atoms with Gasteiger partial charge < -0.3 is 19.1 Å². The summed E-state index contributed by atoms with van der Waals surface area (Å²) in [7, 11) is 1.64. The van der Waals surface area contributed by atoms with E-state index >= 15 is 0 Å². The number of hydrogen-bond donors (Lipinski definition) is 0. The molecule has 0 N–H and O–H groups in total. The zero-order valence-corrected chi connectivity index (χ0v) is 15.4. The minimum atomic E-state index is -0.244. The third-order valence-electron chi connectivity index (χ3n) is 4.35. The van der Waals surface area contributed by atoms with Gasteiger partial charge in [-0.1, -0.05) is 12.2 Å². The fourth-order valence-corrected chi connectivity index (χ4v) is 3.14. The highest BCUT2D eigenvalue weighted by Gasteiger charge is 2.21. The molecule has 1 aromatic heterocycles. The fourth-order valence-electron chi connectivity index (χ4n) is 3.14. The lowest BCUT2D eigenvalue weighted by molar-refractivity contribution is -0.142. The SMILES string of the molecule is CCOC(=O)C/C=C/c1cc(OC)cc2c3c(cnc12)OCCN3CC. The van der Waals surface area contributed by atoms with Crippen LogP contribution in [0.1, 0.15) is 25.8 Å². The number of anilines is 1. The Kier molecular flexibility index (Phi) is 5.61. The minimum absolute atomic E-state index is 0.224. The molecule has 0 atom stereocenters. The quantitative estimate of drug-likeness (QED) is 0.739. The van der Waals surface area contributed by atoms with Gasteiger partial charge in [0.15, 0.2) is 5.75 Å². The highest BCUT2D eigenvalue weighted by molar-refractivity contribution is 6.00. The topological polar surface area (TPSA) is 60.9 Å². The summed E-state index contributed by atoms with van der Waals surface area (Å²) in [6, 6.07) is 3.91. The summed E-state index contributed by atoms with van der Waals surface area (Å²) in [5, 5.41) is 0.985. The second-order valence-electron chi connectivity index (χ2n) is 5.92. The van der Waals surface area contributed by atoms with Crippen LogP contribution in [-0.2, 0) is 9.53 Å². The molecule has 0 amide bonds. The van der Waals surface area contributed by atoms with Crippen LogP contribution in [0.5, 0.6) is 11.5 Å². The molecule has 0 saturated heterocycles. The second-order valence-corrected chi connectivity index (χ2v) is 5.92. The van der Waals surface area contributed by atoms with E-state index in [-0.39, 0.29) is 12.4 Å². The number of likely N-dealkylation sites (N-methyl/N-ethyl adjacent to an activating group) is 1. The summed E-state index contributed by atoms with van der Waals surface area (Å²) in [5.41, 5.74) is 2.80. The zero-order chi connectivity index (χ0) is 18.5. The average molecular weight is 356 g/mol. The van der Waals surface area contributed by atoms with Gasteiger partial charge in [-0.15, -0.1) is 0 Å². The van der Waals surface area contributed by atoms with Gasteiger partial charge in [-0.25, -0.2) is 0 Å². The summed E-state index contributed by atoms with van der Waals surface area (Å²) in [5.74, 6) is 1.29. The molecule has 0 spiro atoms. The summed E-state index contributed by atoms with van der Waals surface area (Å²) < 4.78 is 16.2. The van der Waals surface area contributed by atoms with Gasteiger partial charge in [-0.05, 0) is 26.0 Å². The molecule has 0 unspecified atom stereocenters. The van der Waals surface area contributed by atoms with Gasteiger partial charge in [0.2, 0.25) is 0 Å². The Balaban J connectivity index is 2.06. The monoisotopic (exact) mass is 356 g/mol. The molecule has 0 saturated carbocycles. The standard InChI is InChI=1S/C20H24N2O4/c1-4-22-9-10-26-17-13-21-19-14(7-6-8-18(23)25-5-2)11-15(24-3)12-16(19)20(17)22/h6-7,11-13H,4-5,8-10H2,1-3H3/b7-6+. The lowest BCUT2D eigenvalue weighted by atomic mass is 10.0. The first kappa shape index (κ1) is 18.0. The van der Waals surface area contributed by atoms with Gasteiger partial charge >= 0.3 is 5.97 Å². The number of carbonyl (C=O) groups excluding carboxylic acids is 1. The first-order valence-corrected chi connectivity index (χ1v) is 8.88. The third kappa shape index (κ3) is 3.59. The van der Waals surface area contributed by atoms with E-state index in [2.05, 4.69) is 16.8 Å². The molecule has 6 nitrogen and oxygen atoms in total. The van der Waals surface area contributed by atoms with Crippen LogP contribution in [0.2, 0.25) is 0 Å². The van der Waals surface area contributed by atoms with E-state index in [4.69, 9.17) is 14.2 Å². The lowest BCUT2D eigenvalue weighted by Crippen LogP contribution is -2.32. The van der Waals surface area contributed by atoms with E-state index in [9.17, 15) is 4.79 Å². The Bertz CT molecular complexity index is 832. The van der Waals surface area contributed by atoms with Crippen LogP contribution >= 0.6 is 0 Å². The number of benzene rings is 1. The van der Waals surface area contributed by atoms with Gasteiger partial charge in [-0.3, -0.25) is 9.78 Å². The molecule has 3 rings (SSSR count). The van der Waals surface area contributed by atoms with Gasteiger partial charge in [0.25, 0.3) is 0 Å². The number of ether oxygens (including phenoxy) is 3. The highest BCUT2D eigenvalue weighted by atomic mass is 16.5. The molecular formula is C20H24N2O4. The lowest BCUT2D eigenvalue weighted by Gasteiger charge is -2.31. The molecular weight excluding hydrogens is 332 g/mol. The molecule has 0 bridgehead atoms. The van der Waals surface area contributed by atoms with Gasteiger partial charge in [0, 0.05) is 17.5 Å². The average Bonchev–Trinajstić information content (AvgIpc) is 2.67. The van der Waals surface area contributed by atoms with E-state index in [0.29, 0.717) is 13.2 Å². The van der Waals surface area contributed by atoms with Crippen molar-refractivity contribution >= 4 is 28.6 Å². The van der Waals surface area contributed by atoms with E-state index in [0.717, 1.165) is 46.7 Å². The molecule has 6 heteroatoms. The van der Waals surface area contributed by atoms with E-state index in [1.54, 1.807) is 26.3 Å². The van der Waals surface area contributed by atoms with Crippen LogP contribution in [-0.4, -0.2) is 44.4 Å². The van der Waals surface area contributed by atoms with Crippen molar-refractivity contribution in [3.05, 3.63) is 30.0 Å². The van der Waals surface area contributed by atoms with Crippen LogP contribution in [0.15, 0.2) is 24.4 Å². The Labute approximate surface area is 153 Å². The van der Waals surface area contributed by atoms with Crippen LogP contribution in [0.25, 0.3) is 17.0 Å². The third-order valence-corrected chi connectivity index (χ3v) is 4.35. The molecule has 2 heterocycles.